The van der Waals surface area contributed by atoms with Gasteiger partial charge in [0, 0.05) is 19.0 Å². The number of carbonyl (C=O) groups is 2. The van der Waals surface area contributed by atoms with Gasteiger partial charge >= 0.3 is 0 Å². The Kier molecular flexibility index (Phi) is 3.96. The van der Waals surface area contributed by atoms with Crippen LogP contribution in [0.25, 0.3) is 0 Å². The molecular formula is C12H12BrFN2O2. The number of nitrogens with one attached hydrogen (secondary N) is 2. The molecule has 18 heavy (non-hydrogen) atoms. The van der Waals surface area contributed by atoms with Gasteiger partial charge in [-0.1, -0.05) is 6.07 Å². The molecule has 2 rings (SSSR count). The van der Waals surface area contributed by atoms with E-state index in [4.69, 9.17) is 0 Å². The van der Waals surface area contributed by atoms with Gasteiger partial charge < -0.3 is 10.6 Å². The monoisotopic (exact) mass is 314 g/mol. The predicted molar refractivity (Wildman–Crippen MR) is 67.6 cm³/mol. The number of benzene rings is 1. The zero-order valence-electron chi connectivity index (χ0n) is 9.50. The Bertz CT molecular complexity index is 483. The third-order valence-corrected chi connectivity index (χ3v) is 3.41. The van der Waals surface area contributed by atoms with E-state index in [2.05, 4.69) is 26.6 Å². The van der Waals surface area contributed by atoms with E-state index in [0.29, 0.717) is 19.4 Å². The lowest BCUT2D eigenvalue weighted by molar-refractivity contribution is -0.122. The van der Waals surface area contributed by atoms with Gasteiger partial charge in [0.25, 0.3) is 5.91 Å². The zero-order valence-corrected chi connectivity index (χ0v) is 11.1. The van der Waals surface area contributed by atoms with E-state index in [9.17, 15) is 14.0 Å². The van der Waals surface area contributed by atoms with E-state index in [1.807, 2.05) is 0 Å². The fraction of sp³-hybridized carbons (Fsp3) is 0.333. The molecule has 1 aromatic carbocycles. The average Bonchev–Trinajstić information content (AvgIpc) is 2.35. The van der Waals surface area contributed by atoms with Crippen molar-refractivity contribution in [3.63, 3.8) is 0 Å². The van der Waals surface area contributed by atoms with Crippen molar-refractivity contribution in [1.82, 2.24) is 10.6 Å². The summed E-state index contributed by atoms with van der Waals surface area (Å²) in [4.78, 5) is 22.9. The largest absolute Gasteiger partial charge is 0.354 e. The maximum Gasteiger partial charge on any atom is 0.254 e. The van der Waals surface area contributed by atoms with E-state index >= 15 is 0 Å². The van der Waals surface area contributed by atoms with Gasteiger partial charge in [-0.15, -0.1) is 0 Å². The Balaban J connectivity index is 2.03. The lowest BCUT2D eigenvalue weighted by Gasteiger charge is -2.23. The summed E-state index contributed by atoms with van der Waals surface area (Å²) in [5.41, 5.74) is 0.00118. The third kappa shape index (κ3) is 2.87. The first kappa shape index (κ1) is 13.0. The van der Waals surface area contributed by atoms with Crippen LogP contribution in [0.5, 0.6) is 0 Å². The molecule has 1 heterocycles. The van der Waals surface area contributed by atoms with Gasteiger partial charge in [0.05, 0.1) is 10.0 Å². The summed E-state index contributed by atoms with van der Waals surface area (Å²) in [6, 6.07) is 4.42. The second-order valence-electron chi connectivity index (χ2n) is 4.11. The molecule has 1 aliphatic rings. The quantitative estimate of drug-likeness (QED) is 0.871. The van der Waals surface area contributed by atoms with Gasteiger partial charge in [0.1, 0.15) is 5.82 Å². The summed E-state index contributed by atoms with van der Waals surface area (Å²) in [7, 11) is 0. The van der Waals surface area contributed by atoms with E-state index in [1.165, 1.54) is 12.1 Å². The highest BCUT2D eigenvalue weighted by Gasteiger charge is 2.21. The zero-order chi connectivity index (χ0) is 13.1. The van der Waals surface area contributed by atoms with Crippen LogP contribution >= 0.6 is 15.9 Å². The maximum absolute atomic E-state index is 13.7. The average molecular weight is 315 g/mol. The van der Waals surface area contributed by atoms with Crippen LogP contribution in [-0.2, 0) is 4.79 Å². The first-order valence-electron chi connectivity index (χ1n) is 5.59. The Morgan fingerprint density at radius 2 is 2.28 bits per heavy atom. The van der Waals surface area contributed by atoms with E-state index < -0.39 is 11.7 Å². The number of rotatable bonds is 2. The second kappa shape index (κ2) is 5.48. The molecule has 1 aromatic rings. The second-order valence-corrected chi connectivity index (χ2v) is 4.97. The van der Waals surface area contributed by atoms with Crippen LogP contribution in [-0.4, -0.2) is 24.4 Å². The lowest BCUT2D eigenvalue weighted by Crippen LogP contribution is -2.47. The molecule has 1 fully saturated rings. The number of carbonyl (C=O) groups excluding carboxylic acids is 2. The van der Waals surface area contributed by atoms with Crippen molar-refractivity contribution in [2.75, 3.05) is 6.54 Å². The SMILES string of the molecule is O=C1CCC(NC(=O)c2cccc(Br)c2F)CN1. The van der Waals surface area contributed by atoms with Crippen molar-refractivity contribution < 1.29 is 14.0 Å². The number of amides is 2. The molecule has 1 unspecified atom stereocenters. The first-order chi connectivity index (χ1) is 8.58. The predicted octanol–water partition coefficient (Wildman–Crippen LogP) is 1.60. The van der Waals surface area contributed by atoms with E-state index in [0.717, 1.165) is 0 Å². The van der Waals surface area contributed by atoms with Gasteiger partial charge in [-0.25, -0.2) is 4.39 Å². The van der Waals surface area contributed by atoms with Gasteiger partial charge in [-0.2, -0.15) is 0 Å². The Labute approximate surface area is 112 Å². The highest BCUT2D eigenvalue weighted by molar-refractivity contribution is 9.10. The first-order valence-corrected chi connectivity index (χ1v) is 6.39. The normalized spacial score (nSPS) is 19.2. The molecular weight excluding hydrogens is 303 g/mol. The molecule has 1 saturated heterocycles. The number of halogens is 2. The van der Waals surface area contributed by atoms with Crippen molar-refractivity contribution in [3.05, 3.63) is 34.1 Å². The highest BCUT2D eigenvalue weighted by Crippen LogP contribution is 2.18. The molecule has 96 valence electrons. The fourth-order valence-electron chi connectivity index (χ4n) is 1.80. The van der Waals surface area contributed by atoms with E-state index in [1.54, 1.807) is 6.07 Å². The van der Waals surface area contributed by atoms with Crippen molar-refractivity contribution in [3.8, 4) is 0 Å². The molecule has 1 atom stereocenters. The van der Waals surface area contributed by atoms with Crippen LogP contribution < -0.4 is 10.6 Å². The van der Waals surface area contributed by atoms with Gasteiger partial charge in [-0.3, -0.25) is 9.59 Å². The van der Waals surface area contributed by atoms with Gasteiger partial charge in [0.15, 0.2) is 0 Å². The van der Waals surface area contributed by atoms with Crippen LogP contribution in [0.15, 0.2) is 22.7 Å². The summed E-state index contributed by atoms with van der Waals surface area (Å²) in [6.07, 6.45) is 0.957. The number of piperidine rings is 1. The minimum atomic E-state index is -0.574. The molecule has 4 nitrogen and oxygen atoms in total. The summed E-state index contributed by atoms with van der Waals surface area (Å²) >= 11 is 3.04. The standard InChI is InChI=1S/C12H12BrFN2O2/c13-9-3-1-2-8(11(9)14)12(18)16-7-4-5-10(17)15-6-7/h1-3,7H,4-6H2,(H,15,17)(H,16,18). The molecule has 0 bridgehead atoms. The summed E-state index contributed by atoms with van der Waals surface area (Å²) in [6.45, 7) is 0.389. The van der Waals surface area contributed by atoms with Crippen molar-refractivity contribution >= 4 is 27.7 Å². The van der Waals surface area contributed by atoms with Crippen LogP contribution in [0.3, 0.4) is 0 Å². The molecule has 6 heteroatoms. The van der Waals surface area contributed by atoms with Gasteiger partial charge in [0.2, 0.25) is 5.91 Å². The molecule has 2 N–H and O–H groups in total. The fourth-order valence-corrected chi connectivity index (χ4v) is 2.16. The molecule has 0 spiro atoms. The third-order valence-electron chi connectivity index (χ3n) is 2.80. The van der Waals surface area contributed by atoms with Crippen molar-refractivity contribution in [2.45, 2.75) is 18.9 Å². The van der Waals surface area contributed by atoms with Crippen LogP contribution in [0.4, 0.5) is 4.39 Å². The Morgan fingerprint density at radius 3 is 2.94 bits per heavy atom. The summed E-state index contributed by atoms with van der Waals surface area (Å²) in [5.74, 6) is -1.06. The Hall–Kier alpha value is -1.43. The van der Waals surface area contributed by atoms with Crippen LogP contribution in [0.1, 0.15) is 23.2 Å². The number of hydrogen-bond acceptors (Lipinski definition) is 2. The van der Waals surface area contributed by atoms with E-state index in [-0.39, 0.29) is 22.0 Å². The molecule has 0 saturated carbocycles. The topological polar surface area (TPSA) is 58.2 Å². The lowest BCUT2D eigenvalue weighted by atomic mass is 10.1. The highest BCUT2D eigenvalue weighted by atomic mass is 79.9. The Morgan fingerprint density at radius 1 is 1.50 bits per heavy atom. The molecule has 0 radical (unpaired) electrons. The minimum Gasteiger partial charge on any atom is -0.354 e. The van der Waals surface area contributed by atoms with Crippen molar-refractivity contribution in [2.24, 2.45) is 0 Å². The van der Waals surface area contributed by atoms with Gasteiger partial charge in [-0.05, 0) is 34.5 Å². The minimum absolute atomic E-state index is 0.00118. The molecule has 1 aliphatic heterocycles. The van der Waals surface area contributed by atoms with Crippen LogP contribution in [0, 0.1) is 5.82 Å². The smallest absolute Gasteiger partial charge is 0.254 e. The molecule has 0 aromatic heterocycles. The summed E-state index contributed by atoms with van der Waals surface area (Å²) < 4.78 is 13.9. The van der Waals surface area contributed by atoms with Crippen molar-refractivity contribution in [1.29, 1.82) is 0 Å². The summed E-state index contributed by atoms with van der Waals surface area (Å²) in [5, 5.41) is 5.37. The number of hydrogen-bond donors (Lipinski definition) is 2. The molecule has 2 amide bonds. The molecule has 0 aliphatic carbocycles. The maximum atomic E-state index is 13.7. The van der Waals surface area contributed by atoms with Crippen LogP contribution in [0.2, 0.25) is 0 Å².